The summed E-state index contributed by atoms with van der Waals surface area (Å²) in [6, 6.07) is 13.9. The predicted octanol–water partition coefficient (Wildman–Crippen LogP) is 18.2. The number of aryl methyl sites for hydroxylation is 6. The molecule has 7 heterocycles. The van der Waals surface area contributed by atoms with Gasteiger partial charge in [0.05, 0.1) is 5.56 Å². The summed E-state index contributed by atoms with van der Waals surface area (Å²) in [5.41, 5.74) is 12.9. The van der Waals surface area contributed by atoms with Gasteiger partial charge >= 0.3 is 0 Å². The zero-order valence-corrected chi connectivity index (χ0v) is 51.8. The first kappa shape index (κ1) is 60.7. The minimum atomic E-state index is 0.635. The topological polar surface area (TPSA) is 112 Å². The monoisotopic (exact) mass is 1110 g/mol. The molecule has 0 atom stereocenters. The summed E-state index contributed by atoms with van der Waals surface area (Å²) in [7, 11) is 4.16. The van der Waals surface area contributed by atoms with Crippen LogP contribution in [0, 0.1) is 0 Å². The number of fused-ring (bicyclic) bond motifs is 18. The lowest BCUT2D eigenvalue weighted by atomic mass is 9.90. The van der Waals surface area contributed by atoms with E-state index in [1.807, 2.05) is 0 Å². The predicted molar refractivity (Wildman–Crippen MR) is 345 cm³/mol. The Bertz CT molecular complexity index is 3250. The van der Waals surface area contributed by atoms with Crippen LogP contribution in [0.3, 0.4) is 0 Å². The maximum atomic E-state index is 5.65. The summed E-state index contributed by atoms with van der Waals surface area (Å²) in [5, 5.41) is 2.32. The van der Waals surface area contributed by atoms with Crippen LogP contribution in [0.5, 0.6) is 0 Å². The van der Waals surface area contributed by atoms with Gasteiger partial charge in [-0.3, -0.25) is 0 Å². The third-order valence-electron chi connectivity index (χ3n) is 17.8. The van der Waals surface area contributed by atoms with Crippen LogP contribution >= 0.6 is 0 Å². The van der Waals surface area contributed by atoms with Gasteiger partial charge in [0.25, 0.3) is 0 Å². The van der Waals surface area contributed by atoms with Crippen LogP contribution in [0.2, 0.25) is 0 Å². The molecule has 5 aliphatic rings. The van der Waals surface area contributed by atoms with E-state index < -0.39 is 0 Å². The fraction of sp³-hybridized carbons (Fsp3) is 0.583. The number of nitrogens with zero attached hydrogens (tertiary/aromatic N) is 9. The van der Waals surface area contributed by atoms with Gasteiger partial charge in [-0.05, 0) is 79.7 Å². The van der Waals surface area contributed by atoms with Crippen molar-refractivity contribution in [2.45, 2.75) is 259 Å². The maximum absolute atomic E-state index is 5.65. The van der Waals surface area contributed by atoms with Gasteiger partial charge in [-0.25, -0.2) is 39.5 Å². The lowest BCUT2D eigenvalue weighted by Crippen LogP contribution is -2.28. The maximum Gasteiger partial charge on any atom is 0.180 e. The van der Waals surface area contributed by atoms with E-state index in [4.69, 9.17) is 34.9 Å². The summed E-state index contributed by atoms with van der Waals surface area (Å²) in [6.45, 7) is 9.20. The van der Waals surface area contributed by atoms with Crippen LogP contribution in [-0.2, 0) is 39.8 Å². The molecule has 82 heavy (non-hydrogen) atoms. The van der Waals surface area contributed by atoms with Gasteiger partial charge in [-0.15, -0.1) is 0 Å². The average Bonchev–Trinajstić information content (AvgIpc) is 4.37. The number of hydrogen-bond acceptors (Lipinski definition) is 7. The number of nitrogens with one attached hydrogen (secondary N) is 1. The number of aromatic amines is 1. The first-order valence-electron chi connectivity index (χ1n) is 33.4. The molecule has 0 aliphatic carbocycles. The number of H-pyrrole nitrogens is 1. The molecular formula is C72H101N10+. The van der Waals surface area contributed by atoms with Crippen molar-refractivity contribution >= 4 is 45.8 Å². The summed E-state index contributed by atoms with van der Waals surface area (Å²) in [6.07, 6.45) is 53.3. The summed E-state index contributed by atoms with van der Waals surface area (Å²) >= 11 is 0. The Morgan fingerprint density at radius 3 is 1.27 bits per heavy atom. The molecule has 0 radical (unpaired) electrons. The Balaban J connectivity index is 1.19. The van der Waals surface area contributed by atoms with Crippen molar-refractivity contribution in [1.82, 2.24) is 14.5 Å². The quantitative estimate of drug-likeness (QED) is 0.0307. The van der Waals surface area contributed by atoms with Crippen molar-refractivity contribution in [3.05, 3.63) is 117 Å². The van der Waals surface area contributed by atoms with Gasteiger partial charge in [-0.2, -0.15) is 0 Å². The lowest BCUT2D eigenvalue weighted by Gasteiger charge is -2.14. The number of amidine groups is 4. The third kappa shape index (κ3) is 15.8. The second-order valence-electron chi connectivity index (χ2n) is 24.6. The molecule has 438 valence electrons. The van der Waals surface area contributed by atoms with E-state index in [1.165, 1.54) is 202 Å². The van der Waals surface area contributed by atoms with Crippen molar-refractivity contribution in [2.24, 2.45) is 44.0 Å². The first-order chi connectivity index (χ1) is 40.4. The molecule has 8 bridgehead atoms. The zero-order valence-electron chi connectivity index (χ0n) is 51.8. The van der Waals surface area contributed by atoms with Gasteiger partial charge in [0.2, 0.25) is 0 Å². The molecule has 10 heteroatoms. The van der Waals surface area contributed by atoms with E-state index in [0.717, 1.165) is 106 Å². The normalized spacial score (nSPS) is 13.5. The molecule has 0 saturated heterocycles. The number of pyridine rings is 2. The molecule has 10 nitrogen and oxygen atoms in total. The summed E-state index contributed by atoms with van der Waals surface area (Å²) in [4.78, 5) is 42.9. The average molecular weight is 1110 g/mol. The van der Waals surface area contributed by atoms with Gasteiger partial charge in [0.15, 0.2) is 47.4 Å². The number of benzene rings is 2. The van der Waals surface area contributed by atoms with Crippen LogP contribution in [0.4, 0.5) is 11.6 Å². The van der Waals surface area contributed by atoms with Crippen molar-refractivity contribution in [3.8, 4) is 11.1 Å². The Morgan fingerprint density at radius 2 is 0.768 bits per heavy atom. The van der Waals surface area contributed by atoms with E-state index in [9.17, 15) is 0 Å². The Hall–Kier alpha value is -5.90. The molecule has 2 aromatic carbocycles. The fourth-order valence-electron chi connectivity index (χ4n) is 13.0. The highest BCUT2D eigenvalue weighted by molar-refractivity contribution is 6.30. The third-order valence-corrected chi connectivity index (χ3v) is 17.8. The Kier molecular flexibility index (Phi) is 23.4. The largest absolute Gasteiger partial charge is 0.356 e. The molecule has 0 saturated carbocycles. The number of unbranched alkanes of at least 4 members (excludes halogenated alkanes) is 28. The van der Waals surface area contributed by atoms with Crippen molar-refractivity contribution in [2.75, 3.05) is 0 Å². The number of hydrogen-bond donors (Lipinski definition) is 1. The highest BCUT2D eigenvalue weighted by Gasteiger charge is 2.32. The van der Waals surface area contributed by atoms with Crippen LogP contribution in [0.25, 0.3) is 21.9 Å². The molecule has 0 unspecified atom stereocenters. The summed E-state index contributed by atoms with van der Waals surface area (Å²) < 4.78 is 4.21. The minimum Gasteiger partial charge on any atom is -0.356 e. The Morgan fingerprint density at radius 1 is 0.378 bits per heavy atom. The smallest absolute Gasteiger partial charge is 0.180 e. The fourth-order valence-corrected chi connectivity index (χ4v) is 13.0. The number of aromatic nitrogens is 4. The first-order valence-corrected chi connectivity index (χ1v) is 33.4. The van der Waals surface area contributed by atoms with Gasteiger partial charge in [0, 0.05) is 64.1 Å². The zero-order chi connectivity index (χ0) is 56.9. The lowest BCUT2D eigenvalue weighted by molar-refractivity contribution is -0.671. The molecule has 0 spiro atoms. The molecular weight excluding hydrogens is 1000 g/mol. The Labute approximate surface area is 493 Å². The SMILES string of the molecule is CCCCCCCCCCc1ccc(CCCCCCCCCC)c2c1C1=NC2=Nc2nc(c3ccn(C)cc2-3)N=c2[nH]c(c3c(CCCCCCCCCC)ccc(CCCCCCCCCC)c23)=NC2=NC(=N1)c1c[n+](C)ccc12. The van der Waals surface area contributed by atoms with Crippen LogP contribution in [-0.4, -0.2) is 37.9 Å². The molecule has 5 aliphatic heterocycles. The number of rotatable bonds is 36. The molecule has 0 fully saturated rings. The van der Waals surface area contributed by atoms with E-state index >= 15 is 0 Å². The van der Waals surface area contributed by atoms with Gasteiger partial charge in [0.1, 0.15) is 18.0 Å². The molecule has 9 rings (SSSR count). The second-order valence-corrected chi connectivity index (χ2v) is 24.6. The van der Waals surface area contributed by atoms with E-state index in [0.29, 0.717) is 35.0 Å². The highest BCUT2D eigenvalue weighted by Crippen LogP contribution is 2.41. The van der Waals surface area contributed by atoms with Gasteiger partial charge < -0.3 is 9.55 Å². The van der Waals surface area contributed by atoms with E-state index in [1.54, 1.807) is 0 Å². The van der Waals surface area contributed by atoms with E-state index in [-0.39, 0.29) is 0 Å². The van der Waals surface area contributed by atoms with Crippen LogP contribution in [0.15, 0.2) is 91.1 Å². The minimum absolute atomic E-state index is 0.635. The standard InChI is InChI=1S/C72H101N10/c1-7-11-15-19-23-27-31-35-39-53-43-44-54(40-36-32-28-24-20-16-12-8-2)62-61(53)69-75-65-57-47-49-81(5)51-59(57)67(73-65)77-71-63-55(41-37-33-29-25-21-17-13-9-3)45-46-56(42-38-34-30-26-22-18-14-10-4)64(63)72(80-71)78-68-60-52-82(6)50-48-58(60)66(74-68)76-70(62)79-69/h43-52H,7-42H2,1-6H3,(H,73,74,75,76,77,78,79,80)/q+1. The molecule has 0 amide bonds. The van der Waals surface area contributed by atoms with Crippen molar-refractivity contribution < 1.29 is 4.57 Å². The second kappa shape index (κ2) is 31.7. The highest BCUT2D eigenvalue weighted by atomic mass is 15.1. The van der Waals surface area contributed by atoms with Crippen molar-refractivity contribution in [1.29, 1.82) is 0 Å². The van der Waals surface area contributed by atoms with Gasteiger partial charge in [-0.1, -0.05) is 232 Å². The number of aliphatic imine (C=N–C) groups is 4. The van der Waals surface area contributed by atoms with Crippen LogP contribution < -0.4 is 15.5 Å². The van der Waals surface area contributed by atoms with Crippen molar-refractivity contribution in [3.63, 3.8) is 0 Å². The van der Waals surface area contributed by atoms with Crippen LogP contribution in [0.1, 0.15) is 278 Å². The molecule has 2 aromatic heterocycles. The molecule has 4 aromatic rings. The molecule has 1 N–H and O–H groups in total. The van der Waals surface area contributed by atoms with E-state index in [2.05, 4.69) is 117 Å². The summed E-state index contributed by atoms with van der Waals surface area (Å²) in [5.74, 6) is 3.95.